The van der Waals surface area contributed by atoms with E-state index in [9.17, 15) is 4.79 Å². The molecule has 1 amide bonds. The maximum atomic E-state index is 11.5. The first-order valence-electron chi connectivity index (χ1n) is 6.57. The number of nitrogens with zero attached hydrogens (tertiary/aromatic N) is 1. The lowest BCUT2D eigenvalue weighted by Gasteiger charge is -2.06. The molecule has 4 N–H and O–H groups in total. The predicted octanol–water partition coefficient (Wildman–Crippen LogP) is 2.76. The van der Waals surface area contributed by atoms with Crippen molar-refractivity contribution in [3.05, 3.63) is 54.4 Å². The van der Waals surface area contributed by atoms with Crippen LogP contribution in [0.25, 0.3) is 33.3 Å². The minimum Gasteiger partial charge on any atom is -0.366 e. The predicted molar refractivity (Wildman–Crippen MR) is 81.0 cm³/mol. The fraction of sp³-hybridized carbons (Fsp3) is 0. The van der Waals surface area contributed by atoms with Crippen LogP contribution < -0.4 is 5.73 Å². The van der Waals surface area contributed by atoms with E-state index in [1.165, 1.54) is 0 Å². The van der Waals surface area contributed by atoms with Gasteiger partial charge in [-0.1, -0.05) is 24.3 Å². The largest absolute Gasteiger partial charge is 0.366 e. The van der Waals surface area contributed by atoms with Gasteiger partial charge in [-0.3, -0.25) is 20.0 Å². The van der Waals surface area contributed by atoms with E-state index in [4.69, 9.17) is 5.73 Å². The van der Waals surface area contributed by atoms with Crippen LogP contribution in [-0.4, -0.2) is 21.1 Å². The number of amides is 1. The van der Waals surface area contributed by atoms with Gasteiger partial charge >= 0.3 is 0 Å². The number of benzene rings is 2. The molecule has 4 rings (SSSR count). The van der Waals surface area contributed by atoms with Crippen molar-refractivity contribution >= 4 is 16.7 Å². The SMILES string of the molecule is NC(=O)c1cccc2cc(-c3[nH][nH]c4cncc3-4)ccc12. The summed E-state index contributed by atoms with van der Waals surface area (Å²) in [6, 6.07) is 11.5. The Morgan fingerprint density at radius 2 is 2.00 bits per heavy atom. The standard InChI is InChI=1S/C16H12N4O/c17-16(21)12-3-1-2-9-6-10(4-5-11(9)12)15-13-7-18-8-14(13)19-20-15/h1-8,19-20H,(H2,17,21). The number of H-pyrrole nitrogens is 2. The van der Waals surface area contributed by atoms with Gasteiger partial charge in [0.25, 0.3) is 0 Å². The molecule has 102 valence electrons. The molecule has 0 spiro atoms. The minimum atomic E-state index is -0.413. The zero-order chi connectivity index (χ0) is 14.4. The van der Waals surface area contributed by atoms with Crippen LogP contribution in [0.3, 0.4) is 0 Å². The van der Waals surface area contributed by atoms with E-state index < -0.39 is 5.91 Å². The van der Waals surface area contributed by atoms with Crippen molar-refractivity contribution in [3.63, 3.8) is 0 Å². The number of hydrogen-bond donors (Lipinski definition) is 3. The highest BCUT2D eigenvalue weighted by molar-refractivity contribution is 6.07. The van der Waals surface area contributed by atoms with Crippen LogP contribution in [0.2, 0.25) is 0 Å². The summed E-state index contributed by atoms with van der Waals surface area (Å²) in [6.07, 6.45) is 3.60. The molecule has 0 atom stereocenters. The Hall–Kier alpha value is -3.08. The number of carbonyl (C=O) groups excluding carboxylic acids is 1. The first kappa shape index (κ1) is 11.7. The smallest absolute Gasteiger partial charge is 0.249 e. The Morgan fingerprint density at radius 3 is 2.86 bits per heavy atom. The van der Waals surface area contributed by atoms with Gasteiger partial charge < -0.3 is 5.73 Å². The van der Waals surface area contributed by atoms with Crippen LogP contribution >= 0.6 is 0 Å². The Balaban J connectivity index is 1.93. The molecule has 0 saturated heterocycles. The van der Waals surface area contributed by atoms with Crippen LogP contribution in [0.15, 0.2) is 48.8 Å². The van der Waals surface area contributed by atoms with E-state index >= 15 is 0 Å². The lowest BCUT2D eigenvalue weighted by Crippen LogP contribution is -2.11. The summed E-state index contributed by atoms with van der Waals surface area (Å²) >= 11 is 0. The first-order valence-corrected chi connectivity index (χ1v) is 6.57. The molecule has 0 bridgehead atoms. The fourth-order valence-corrected chi connectivity index (χ4v) is 2.70. The molecule has 0 fully saturated rings. The van der Waals surface area contributed by atoms with Crippen LogP contribution in [0.4, 0.5) is 0 Å². The van der Waals surface area contributed by atoms with Crippen LogP contribution in [0.1, 0.15) is 10.4 Å². The second-order valence-corrected chi connectivity index (χ2v) is 4.97. The monoisotopic (exact) mass is 276 g/mol. The lowest BCUT2D eigenvalue weighted by molar-refractivity contribution is 0.100. The molecule has 0 aromatic heterocycles. The van der Waals surface area contributed by atoms with E-state index in [1.54, 1.807) is 12.3 Å². The Bertz CT molecular complexity index is 934. The van der Waals surface area contributed by atoms with Crippen molar-refractivity contribution in [2.45, 2.75) is 0 Å². The third kappa shape index (κ3) is 1.71. The second-order valence-electron chi connectivity index (χ2n) is 4.97. The minimum absolute atomic E-state index is 0.413. The molecule has 2 aliphatic rings. The van der Waals surface area contributed by atoms with Gasteiger partial charge in [0.05, 0.1) is 17.6 Å². The third-order valence-corrected chi connectivity index (χ3v) is 3.72. The van der Waals surface area contributed by atoms with Crippen molar-refractivity contribution in [3.8, 4) is 22.5 Å². The van der Waals surface area contributed by atoms with Crippen molar-refractivity contribution in [1.29, 1.82) is 0 Å². The Labute approximate surface area is 120 Å². The molecule has 0 saturated carbocycles. The highest BCUT2D eigenvalue weighted by Crippen LogP contribution is 2.32. The van der Waals surface area contributed by atoms with Gasteiger partial charge in [0.2, 0.25) is 5.91 Å². The summed E-state index contributed by atoms with van der Waals surface area (Å²) < 4.78 is 0. The normalized spacial score (nSPS) is 11.2. The fourth-order valence-electron chi connectivity index (χ4n) is 2.70. The van der Waals surface area contributed by atoms with Gasteiger partial charge in [-0.05, 0) is 22.9 Å². The molecular formula is C16H12N4O. The zero-order valence-electron chi connectivity index (χ0n) is 11.1. The summed E-state index contributed by atoms with van der Waals surface area (Å²) in [4.78, 5) is 15.6. The van der Waals surface area contributed by atoms with Crippen LogP contribution in [-0.2, 0) is 0 Å². The van der Waals surface area contributed by atoms with Crippen LogP contribution in [0.5, 0.6) is 0 Å². The lowest BCUT2D eigenvalue weighted by atomic mass is 9.99. The molecule has 2 aromatic rings. The van der Waals surface area contributed by atoms with Crippen molar-refractivity contribution in [2.24, 2.45) is 5.73 Å². The molecular weight excluding hydrogens is 264 g/mol. The highest BCUT2D eigenvalue weighted by atomic mass is 16.1. The van der Waals surface area contributed by atoms with Gasteiger partial charge in [-0.2, -0.15) is 0 Å². The molecule has 21 heavy (non-hydrogen) atoms. The number of aromatic nitrogens is 3. The van der Waals surface area contributed by atoms with Gasteiger partial charge in [0.1, 0.15) is 0 Å². The van der Waals surface area contributed by atoms with Gasteiger partial charge in [0.15, 0.2) is 0 Å². The molecule has 5 nitrogen and oxygen atoms in total. The molecule has 0 aliphatic carbocycles. The molecule has 2 aromatic carbocycles. The molecule has 0 radical (unpaired) electrons. The maximum absolute atomic E-state index is 11.5. The average molecular weight is 276 g/mol. The summed E-state index contributed by atoms with van der Waals surface area (Å²) in [7, 11) is 0. The number of rotatable bonds is 2. The van der Waals surface area contributed by atoms with E-state index in [2.05, 4.69) is 15.2 Å². The van der Waals surface area contributed by atoms with E-state index in [-0.39, 0.29) is 0 Å². The number of carbonyl (C=O) groups is 1. The van der Waals surface area contributed by atoms with Gasteiger partial charge in [-0.15, -0.1) is 0 Å². The van der Waals surface area contributed by atoms with Gasteiger partial charge in [0, 0.05) is 22.9 Å². The molecule has 5 heteroatoms. The molecule has 2 aliphatic heterocycles. The molecule has 0 unspecified atom stereocenters. The van der Waals surface area contributed by atoms with E-state index in [0.717, 1.165) is 33.3 Å². The van der Waals surface area contributed by atoms with Crippen molar-refractivity contribution < 1.29 is 4.79 Å². The summed E-state index contributed by atoms with van der Waals surface area (Å²) in [5, 5.41) is 8.08. The maximum Gasteiger partial charge on any atom is 0.249 e. The molecule has 2 heterocycles. The Morgan fingerprint density at radius 1 is 1.10 bits per heavy atom. The number of primary amides is 1. The first-order chi connectivity index (χ1) is 10.2. The number of aromatic amines is 2. The summed E-state index contributed by atoms with van der Waals surface area (Å²) in [6.45, 7) is 0. The number of nitrogens with one attached hydrogen (secondary N) is 2. The van der Waals surface area contributed by atoms with E-state index in [0.29, 0.717) is 5.56 Å². The zero-order valence-corrected chi connectivity index (χ0v) is 11.1. The number of fused-ring (bicyclic) bond motifs is 2. The topological polar surface area (TPSA) is 87.6 Å². The quantitative estimate of drug-likeness (QED) is 0.525. The number of hydrogen-bond acceptors (Lipinski definition) is 2. The van der Waals surface area contributed by atoms with E-state index in [1.807, 2.05) is 36.5 Å². The third-order valence-electron chi connectivity index (χ3n) is 3.72. The van der Waals surface area contributed by atoms with Crippen molar-refractivity contribution in [2.75, 3.05) is 0 Å². The number of nitrogens with two attached hydrogens (primary N) is 1. The summed E-state index contributed by atoms with van der Waals surface area (Å²) in [5.41, 5.74) is 9.98. The van der Waals surface area contributed by atoms with Gasteiger partial charge in [-0.25, -0.2) is 0 Å². The second kappa shape index (κ2) is 4.21. The highest BCUT2D eigenvalue weighted by Gasteiger charge is 2.14. The summed E-state index contributed by atoms with van der Waals surface area (Å²) in [5.74, 6) is -0.413. The van der Waals surface area contributed by atoms with Crippen molar-refractivity contribution in [1.82, 2.24) is 15.2 Å². The average Bonchev–Trinajstić information content (AvgIpc) is 3.08. The van der Waals surface area contributed by atoms with Crippen LogP contribution in [0, 0.1) is 0 Å². The Kier molecular flexibility index (Phi) is 2.35.